The molecule has 0 bridgehead atoms. The lowest BCUT2D eigenvalue weighted by atomic mass is 10.1. The number of benzene rings is 1. The van der Waals surface area contributed by atoms with E-state index < -0.39 is 0 Å². The number of aryl methyl sites for hydroxylation is 2. The summed E-state index contributed by atoms with van der Waals surface area (Å²) in [6.45, 7) is 6.75. The average Bonchev–Trinajstić information content (AvgIpc) is 3.54. The highest BCUT2D eigenvalue weighted by Crippen LogP contribution is 2.36. The average molecular weight is 442 g/mol. The Morgan fingerprint density at radius 1 is 1.30 bits per heavy atom. The molecule has 1 aromatic carbocycles. The van der Waals surface area contributed by atoms with Gasteiger partial charge < -0.3 is 4.90 Å². The van der Waals surface area contributed by atoms with Crippen molar-refractivity contribution < 1.29 is 4.79 Å². The van der Waals surface area contributed by atoms with E-state index in [4.69, 9.17) is 4.98 Å². The molecule has 0 aliphatic heterocycles. The van der Waals surface area contributed by atoms with Gasteiger partial charge in [0.05, 0.1) is 11.1 Å². The van der Waals surface area contributed by atoms with Crippen LogP contribution in [0.25, 0.3) is 10.2 Å². The van der Waals surface area contributed by atoms with E-state index in [2.05, 4.69) is 19.1 Å². The van der Waals surface area contributed by atoms with Gasteiger partial charge in [0.2, 0.25) is 5.91 Å². The summed E-state index contributed by atoms with van der Waals surface area (Å²) < 4.78 is 1.57. The normalized spacial score (nSPS) is 14.8. The number of rotatable bonds is 7. The minimum Gasteiger partial charge on any atom is -0.335 e. The van der Waals surface area contributed by atoms with Gasteiger partial charge in [-0.3, -0.25) is 14.2 Å². The molecule has 30 heavy (non-hydrogen) atoms. The van der Waals surface area contributed by atoms with Crippen molar-refractivity contribution in [3.63, 3.8) is 0 Å². The first-order chi connectivity index (χ1) is 14.4. The van der Waals surface area contributed by atoms with Gasteiger partial charge >= 0.3 is 0 Å². The van der Waals surface area contributed by atoms with E-state index in [9.17, 15) is 9.59 Å². The quantitative estimate of drug-likeness (QED) is 0.399. The van der Waals surface area contributed by atoms with E-state index in [0.717, 1.165) is 20.8 Å². The lowest BCUT2D eigenvalue weighted by molar-refractivity contribution is -0.131. The molecule has 2 aromatic heterocycles. The molecule has 1 aliphatic rings. The fourth-order valence-corrected chi connectivity index (χ4v) is 5.70. The molecule has 0 saturated heterocycles. The van der Waals surface area contributed by atoms with Crippen molar-refractivity contribution in [2.45, 2.75) is 51.4 Å². The molecule has 0 spiro atoms. The van der Waals surface area contributed by atoms with Crippen LogP contribution in [0.15, 0.2) is 40.3 Å². The maximum Gasteiger partial charge on any atom is 0.262 e. The first-order valence-electron chi connectivity index (χ1n) is 10.3. The number of hydrogen-bond acceptors (Lipinski definition) is 5. The lowest BCUT2D eigenvalue weighted by Gasteiger charge is -2.29. The SMILES string of the molecule is Cc1sc2nc(SCC(=O)N(Cc3ccccc3)C(C)C3CC3)n(C)c(=O)c2c1C. The number of thiophene rings is 1. The Labute approximate surface area is 185 Å². The Kier molecular flexibility index (Phi) is 6.02. The Bertz CT molecular complexity index is 1130. The molecule has 1 fully saturated rings. The monoisotopic (exact) mass is 441 g/mol. The first-order valence-corrected chi connectivity index (χ1v) is 12.1. The fourth-order valence-electron chi connectivity index (χ4n) is 3.77. The van der Waals surface area contributed by atoms with Crippen LogP contribution in [-0.2, 0) is 18.4 Å². The molecule has 1 unspecified atom stereocenters. The summed E-state index contributed by atoms with van der Waals surface area (Å²) in [4.78, 5) is 34.6. The maximum absolute atomic E-state index is 13.2. The Morgan fingerprint density at radius 3 is 2.67 bits per heavy atom. The molecule has 5 nitrogen and oxygen atoms in total. The Hall–Kier alpha value is -2.12. The number of aromatic nitrogens is 2. The molecule has 1 saturated carbocycles. The highest BCUT2D eigenvalue weighted by atomic mass is 32.2. The number of amides is 1. The van der Waals surface area contributed by atoms with Gasteiger partial charge in [-0.1, -0.05) is 42.1 Å². The smallest absolute Gasteiger partial charge is 0.262 e. The molecule has 1 amide bonds. The minimum atomic E-state index is -0.0377. The molecule has 4 rings (SSSR count). The molecule has 1 atom stereocenters. The number of fused-ring (bicyclic) bond motifs is 1. The third-order valence-electron chi connectivity index (χ3n) is 6.01. The molecule has 0 N–H and O–H groups in total. The molecule has 2 heterocycles. The number of thioether (sulfide) groups is 1. The zero-order valence-corrected chi connectivity index (χ0v) is 19.5. The molecule has 7 heteroatoms. The van der Waals surface area contributed by atoms with Gasteiger partial charge in [0, 0.05) is 24.5 Å². The number of carbonyl (C=O) groups excluding carboxylic acids is 1. The van der Waals surface area contributed by atoms with Crippen LogP contribution >= 0.6 is 23.1 Å². The summed E-state index contributed by atoms with van der Waals surface area (Å²) in [5.41, 5.74) is 2.10. The fraction of sp³-hybridized carbons (Fsp3) is 0.435. The highest BCUT2D eigenvalue weighted by molar-refractivity contribution is 7.99. The van der Waals surface area contributed by atoms with Crippen molar-refractivity contribution in [3.05, 3.63) is 56.7 Å². The largest absolute Gasteiger partial charge is 0.335 e. The van der Waals surface area contributed by atoms with Crippen molar-refractivity contribution >= 4 is 39.2 Å². The Morgan fingerprint density at radius 2 is 2.00 bits per heavy atom. The lowest BCUT2D eigenvalue weighted by Crippen LogP contribution is -2.40. The van der Waals surface area contributed by atoms with Crippen molar-refractivity contribution in [3.8, 4) is 0 Å². The van der Waals surface area contributed by atoms with Gasteiger partial charge in [-0.2, -0.15) is 0 Å². The van der Waals surface area contributed by atoms with Crippen LogP contribution in [0.4, 0.5) is 0 Å². The molecule has 0 radical (unpaired) electrons. The van der Waals surface area contributed by atoms with Gasteiger partial charge in [-0.25, -0.2) is 4.98 Å². The van der Waals surface area contributed by atoms with Crippen LogP contribution in [0.1, 0.15) is 35.8 Å². The van der Waals surface area contributed by atoms with Crippen LogP contribution < -0.4 is 5.56 Å². The summed E-state index contributed by atoms with van der Waals surface area (Å²) >= 11 is 2.90. The topological polar surface area (TPSA) is 55.2 Å². The summed E-state index contributed by atoms with van der Waals surface area (Å²) in [6.07, 6.45) is 2.38. The zero-order chi connectivity index (χ0) is 21.4. The predicted molar refractivity (Wildman–Crippen MR) is 124 cm³/mol. The summed E-state index contributed by atoms with van der Waals surface area (Å²) in [7, 11) is 1.74. The molecular formula is C23H27N3O2S2. The molecule has 1 aliphatic carbocycles. The third-order valence-corrected chi connectivity index (χ3v) is 8.12. The number of nitrogens with zero attached hydrogens (tertiary/aromatic N) is 3. The standard InChI is InChI=1S/C23H27N3O2S2/c1-14-16(3)30-21-20(14)22(28)25(4)23(24-21)29-13-19(27)26(15(2)18-10-11-18)12-17-8-6-5-7-9-17/h5-9,15,18H,10-13H2,1-4H3. The van der Waals surface area contributed by atoms with Crippen molar-refractivity contribution in [2.24, 2.45) is 13.0 Å². The highest BCUT2D eigenvalue weighted by Gasteiger charge is 2.34. The second kappa shape index (κ2) is 8.55. The predicted octanol–water partition coefficient (Wildman–Crippen LogP) is 4.53. The second-order valence-electron chi connectivity index (χ2n) is 8.10. The molecule has 158 valence electrons. The first kappa shape index (κ1) is 21.1. The van der Waals surface area contributed by atoms with Gasteiger partial charge in [0.1, 0.15) is 4.83 Å². The van der Waals surface area contributed by atoms with Gasteiger partial charge in [-0.15, -0.1) is 11.3 Å². The van der Waals surface area contributed by atoms with Crippen LogP contribution in [0, 0.1) is 19.8 Å². The van der Waals surface area contributed by atoms with Crippen LogP contribution in [0.2, 0.25) is 0 Å². The van der Waals surface area contributed by atoms with Crippen LogP contribution in [-0.4, -0.2) is 32.2 Å². The van der Waals surface area contributed by atoms with E-state index in [-0.39, 0.29) is 23.3 Å². The molecule has 3 aromatic rings. The van der Waals surface area contributed by atoms with E-state index in [1.54, 1.807) is 23.0 Å². The summed E-state index contributed by atoms with van der Waals surface area (Å²) in [5, 5.41) is 1.30. The van der Waals surface area contributed by atoms with Gasteiger partial charge in [0.25, 0.3) is 5.56 Å². The van der Waals surface area contributed by atoms with Crippen LogP contribution in [0.3, 0.4) is 0 Å². The summed E-state index contributed by atoms with van der Waals surface area (Å²) in [6, 6.07) is 10.4. The van der Waals surface area contributed by atoms with E-state index in [1.165, 1.54) is 24.6 Å². The van der Waals surface area contributed by atoms with E-state index in [0.29, 0.717) is 23.0 Å². The maximum atomic E-state index is 13.2. The summed E-state index contributed by atoms with van der Waals surface area (Å²) in [5.74, 6) is 0.966. The van der Waals surface area contributed by atoms with Crippen molar-refractivity contribution in [1.29, 1.82) is 0 Å². The second-order valence-corrected chi connectivity index (χ2v) is 10.2. The molecular weight excluding hydrogens is 414 g/mol. The van der Waals surface area contributed by atoms with Crippen LogP contribution in [0.5, 0.6) is 0 Å². The van der Waals surface area contributed by atoms with E-state index >= 15 is 0 Å². The zero-order valence-electron chi connectivity index (χ0n) is 17.8. The number of hydrogen-bond donors (Lipinski definition) is 0. The van der Waals surface area contributed by atoms with E-state index in [1.807, 2.05) is 36.9 Å². The number of carbonyl (C=O) groups is 1. The van der Waals surface area contributed by atoms with Crippen molar-refractivity contribution in [2.75, 3.05) is 5.75 Å². The van der Waals surface area contributed by atoms with Gasteiger partial charge in [0.15, 0.2) is 5.16 Å². The minimum absolute atomic E-state index is 0.0377. The Balaban J connectivity index is 1.54. The van der Waals surface area contributed by atoms with Crippen molar-refractivity contribution in [1.82, 2.24) is 14.5 Å². The third kappa shape index (κ3) is 4.18. The van der Waals surface area contributed by atoms with Gasteiger partial charge in [-0.05, 0) is 50.7 Å².